The zero-order valence-corrected chi connectivity index (χ0v) is 12.9. The minimum absolute atomic E-state index is 0.229. The van der Waals surface area contributed by atoms with Gasteiger partial charge in [-0.3, -0.25) is 9.69 Å². The largest absolute Gasteiger partial charge is 0.480 e. The van der Waals surface area contributed by atoms with Crippen LogP contribution in [0.1, 0.15) is 42.0 Å². The minimum Gasteiger partial charge on any atom is -0.480 e. The van der Waals surface area contributed by atoms with Crippen molar-refractivity contribution in [2.24, 2.45) is 5.92 Å². The van der Waals surface area contributed by atoms with Gasteiger partial charge in [-0.2, -0.15) is 0 Å². The minimum atomic E-state index is -0.681. The maximum Gasteiger partial charge on any atom is 0.321 e. The summed E-state index contributed by atoms with van der Waals surface area (Å²) < 4.78 is 0. The van der Waals surface area contributed by atoms with E-state index in [1.54, 1.807) is 0 Å². The average Bonchev–Trinajstić information content (AvgIpc) is 2.33. The van der Waals surface area contributed by atoms with Crippen molar-refractivity contribution < 1.29 is 9.90 Å². The number of likely N-dealkylation sites (tertiary alicyclic amines) is 1. The lowest BCUT2D eigenvalue weighted by Gasteiger charge is -2.37. The Morgan fingerprint density at radius 3 is 2.45 bits per heavy atom. The lowest BCUT2D eigenvalue weighted by molar-refractivity contribution is -0.147. The Kier molecular flexibility index (Phi) is 4.48. The number of carbonyl (C=O) groups is 1. The van der Waals surface area contributed by atoms with Crippen LogP contribution in [0.3, 0.4) is 0 Å². The van der Waals surface area contributed by atoms with E-state index >= 15 is 0 Å². The van der Waals surface area contributed by atoms with Crippen LogP contribution < -0.4 is 0 Å². The summed E-state index contributed by atoms with van der Waals surface area (Å²) in [6, 6.07) is 4.03. The van der Waals surface area contributed by atoms with E-state index in [0.29, 0.717) is 0 Å². The van der Waals surface area contributed by atoms with Gasteiger partial charge in [-0.05, 0) is 62.8 Å². The molecule has 1 aromatic carbocycles. The molecule has 0 saturated carbocycles. The third kappa shape index (κ3) is 3.04. The molecule has 2 unspecified atom stereocenters. The van der Waals surface area contributed by atoms with Crippen molar-refractivity contribution in [1.29, 1.82) is 0 Å². The second-order valence-corrected chi connectivity index (χ2v) is 6.25. The molecule has 110 valence electrons. The van der Waals surface area contributed by atoms with E-state index in [4.69, 9.17) is 0 Å². The topological polar surface area (TPSA) is 40.5 Å². The predicted molar refractivity (Wildman–Crippen MR) is 80.9 cm³/mol. The molecule has 0 bridgehead atoms. The number of aryl methyl sites for hydroxylation is 3. The number of carboxylic acids is 1. The quantitative estimate of drug-likeness (QED) is 0.920. The van der Waals surface area contributed by atoms with Gasteiger partial charge in [-0.25, -0.2) is 0 Å². The van der Waals surface area contributed by atoms with Crippen LogP contribution in [0.4, 0.5) is 0 Å². The highest BCUT2D eigenvalue weighted by Gasteiger charge is 2.34. The summed E-state index contributed by atoms with van der Waals surface area (Å²) in [4.78, 5) is 13.7. The highest BCUT2D eigenvalue weighted by Crippen LogP contribution is 2.27. The molecule has 2 atom stereocenters. The molecule has 3 nitrogen and oxygen atoms in total. The fourth-order valence-corrected chi connectivity index (χ4v) is 3.51. The van der Waals surface area contributed by atoms with Gasteiger partial charge in [0.05, 0.1) is 0 Å². The van der Waals surface area contributed by atoms with Gasteiger partial charge in [0.15, 0.2) is 0 Å². The number of hydrogen-bond acceptors (Lipinski definition) is 2. The van der Waals surface area contributed by atoms with E-state index in [9.17, 15) is 9.90 Å². The molecule has 1 saturated heterocycles. The lowest BCUT2D eigenvalue weighted by Crippen LogP contribution is -2.48. The van der Waals surface area contributed by atoms with E-state index in [-0.39, 0.29) is 12.0 Å². The maximum atomic E-state index is 11.5. The number of aliphatic carboxylic acids is 1. The van der Waals surface area contributed by atoms with Crippen molar-refractivity contribution in [3.63, 3.8) is 0 Å². The molecule has 0 amide bonds. The van der Waals surface area contributed by atoms with Gasteiger partial charge in [0, 0.05) is 6.54 Å². The highest BCUT2D eigenvalue weighted by atomic mass is 16.4. The van der Waals surface area contributed by atoms with E-state index in [2.05, 4.69) is 44.7 Å². The molecule has 1 aromatic rings. The summed E-state index contributed by atoms with van der Waals surface area (Å²) in [7, 11) is 0. The van der Waals surface area contributed by atoms with Crippen molar-refractivity contribution >= 4 is 5.97 Å². The summed E-state index contributed by atoms with van der Waals surface area (Å²) in [6.07, 6.45) is 2.11. The third-order valence-corrected chi connectivity index (χ3v) is 4.49. The van der Waals surface area contributed by atoms with Crippen LogP contribution in [0.15, 0.2) is 12.1 Å². The second kappa shape index (κ2) is 5.96. The van der Waals surface area contributed by atoms with Crippen molar-refractivity contribution in [3.05, 3.63) is 34.4 Å². The van der Waals surface area contributed by atoms with Crippen LogP contribution in [0.25, 0.3) is 0 Å². The van der Waals surface area contributed by atoms with E-state index in [0.717, 1.165) is 25.9 Å². The number of piperidine rings is 1. The van der Waals surface area contributed by atoms with Gasteiger partial charge < -0.3 is 5.11 Å². The van der Waals surface area contributed by atoms with Gasteiger partial charge in [0.1, 0.15) is 6.04 Å². The summed E-state index contributed by atoms with van der Waals surface area (Å²) in [6.45, 7) is 10.0. The Balaban J connectivity index is 2.26. The van der Waals surface area contributed by atoms with Crippen LogP contribution >= 0.6 is 0 Å². The number of rotatable bonds is 3. The number of nitrogens with zero attached hydrogens (tertiary/aromatic N) is 1. The predicted octanol–water partition coefficient (Wildman–Crippen LogP) is 3.30. The van der Waals surface area contributed by atoms with Crippen molar-refractivity contribution in [3.8, 4) is 0 Å². The molecule has 2 rings (SSSR count). The maximum absolute atomic E-state index is 11.5. The second-order valence-electron chi connectivity index (χ2n) is 6.25. The Morgan fingerprint density at radius 2 is 1.90 bits per heavy atom. The Bertz CT molecular complexity index is 487. The normalized spacial score (nSPS) is 23.8. The van der Waals surface area contributed by atoms with Gasteiger partial charge in [-0.1, -0.05) is 24.6 Å². The molecule has 1 N–H and O–H groups in total. The van der Waals surface area contributed by atoms with Gasteiger partial charge in [-0.15, -0.1) is 0 Å². The molecule has 20 heavy (non-hydrogen) atoms. The van der Waals surface area contributed by atoms with E-state index < -0.39 is 5.97 Å². The fourth-order valence-electron chi connectivity index (χ4n) is 3.51. The molecule has 1 heterocycles. The summed E-state index contributed by atoms with van der Waals surface area (Å²) >= 11 is 0. The van der Waals surface area contributed by atoms with Crippen molar-refractivity contribution in [2.45, 2.75) is 53.1 Å². The van der Waals surface area contributed by atoms with Crippen molar-refractivity contribution in [1.82, 2.24) is 4.90 Å². The molecule has 1 aliphatic rings. The Morgan fingerprint density at radius 1 is 1.30 bits per heavy atom. The van der Waals surface area contributed by atoms with Crippen LogP contribution in [0, 0.1) is 26.7 Å². The molecular weight excluding hydrogens is 250 g/mol. The number of carboxylic acid groups (broad SMARTS) is 1. The molecule has 3 heteroatoms. The smallest absolute Gasteiger partial charge is 0.321 e. The molecule has 1 fully saturated rings. The molecule has 0 aromatic heterocycles. The van der Waals surface area contributed by atoms with Crippen LogP contribution in [0.2, 0.25) is 0 Å². The first-order valence-electron chi connectivity index (χ1n) is 7.43. The Hall–Kier alpha value is -1.35. The zero-order valence-electron chi connectivity index (χ0n) is 12.9. The molecule has 0 spiro atoms. The van der Waals surface area contributed by atoms with Crippen LogP contribution in [0.5, 0.6) is 0 Å². The first kappa shape index (κ1) is 15.0. The van der Waals surface area contributed by atoms with Gasteiger partial charge in [0.25, 0.3) is 0 Å². The zero-order chi connectivity index (χ0) is 14.9. The first-order chi connectivity index (χ1) is 9.40. The third-order valence-electron chi connectivity index (χ3n) is 4.49. The fraction of sp³-hybridized carbons (Fsp3) is 0.588. The average molecular weight is 275 g/mol. The summed E-state index contributed by atoms with van der Waals surface area (Å²) in [5.41, 5.74) is 5.09. The first-order valence-corrected chi connectivity index (χ1v) is 7.43. The number of hydrogen-bond donors (Lipinski definition) is 1. The van der Waals surface area contributed by atoms with Crippen LogP contribution in [-0.2, 0) is 11.3 Å². The van der Waals surface area contributed by atoms with E-state index in [1.807, 2.05) is 0 Å². The summed E-state index contributed by atoms with van der Waals surface area (Å²) in [5, 5.41) is 9.50. The SMILES string of the molecule is Cc1cc(C)c(CN2CCCC(C)C2C(=O)O)c(C)c1. The van der Waals surface area contributed by atoms with Crippen LogP contribution in [-0.4, -0.2) is 28.6 Å². The Labute approximate surface area is 121 Å². The standard InChI is InChI=1S/C17H25NO2/c1-11-8-13(3)15(14(4)9-11)10-18-7-5-6-12(2)16(18)17(19)20/h8-9,12,16H,5-7,10H2,1-4H3,(H,19,20). The van der Waals surface area contributed by atoms with Gasteiger partial charge in [0.2, 0.25) is 0 Å². The van der Waals surface area contributed by atoms with Crippen molar-refractivity contribution in [2.75, 3.05) is 6.54 Å². The summed E-state index contributed by atoms with van der Waals surface area (Å²) in [5.74, 6) is -0.452. The number of benzene rings is 1. The van der Waals surface area contributed by atoms with Gasteiger partial charge >= 0.3 is 5.97 Å². The monoisotopic (exact) mass is 275 g/mol. The highest BCUT2D eigenvalue weighted by molar-refractivity contribution is 5.74. The molecular formula is C17H25NO2. The molecule has 0 aliphatic carbocycles. The molecule has 1 aliphatic heterocycles. The lowest BCUT2D eigenvalue weighted by atomic mass is 9.89. The van der Waals surface area contributed by atoms with E-state index in [1.165, 1.54) is 22.3 Å². The molecule has 0 radical (unpaired) electrons.